The van der Waals surface area contributed by atoms with Gasteiger partial charge in [-0.15, -0.1) is 0 Å². The van der Waals surface area contributed by atoms with Gasteiger partial charge in [0.2, 0.25) is 0 Å². The van der Waals surface area contributed by atoms with Crippen LogP contribution in [0.4, 0.5) is 8.78 Å². The summed E-state index contributed by atoms with van der Waals surface area (Å²) < 4.78 is 36.6. The average Bonchev–Trinajstić information content (AvgIpc) is 2.70. The van der Waals surface area contributed by atoms with Crippen LogP contribution in [-0.4, -0.2) is 13.1 Å². The van der Waals surface area contributed by atoms with Crippen LogP contribution in [0.1, 0.15) is 21.5 Å². The summed E-state index contributed by atoms with van der Waals surface area (Å²) in [6, 6.07) is 16.9. The zero-order chi connectivity index (χ0) is 19.9. The number of methoxy groups -OCH3 is 1. The molecule has 0 aromatic heterocycles. The lowest BCUT2D eigenvalue weighted by atomic mass is 10.1. The molecular formula is C22H19F2NO3. The SMILES string of the molecule is COC(=O)c1cc(CNCc2ccc(F)cc2)cc(Oc2ccc(F)cc2)c1. The molecule has 4 nitrogen and oxygen atoms in total. The number of nitrogens with one attached hydrogen (secondary N) is 1. The van der Waals surface area contributed by atoms with Crippen LogP contribution in [-0.2, 0) is 17.8 Å². The summed E-state index contributed by atoms with van der Waals surface area (Å²) in [5, 5.41) is 3.24. The first-order valence-electron chi connectivity index (χ1n) is 8.64. The number of hydrogen-bond acceptors (Lipinski definition) is 4. The molecule has 3 aromatic carbocycles. The van der Waals surface area contributed by atoms with Crippen LogP contribution in [0.2, 0.25) is 0 Å². The molecule has 6 heteroatoms. The molecule has 0 unspecified atom stereocenters. The van der Waals surface area contributed by atoms with Crippen LogP contribution in [0.25, 0.3) is 0 Å². The first kappa shape index (κ1) is 19.5. The van der Waals surface area contributed by atoms with Crippen molar-refractivity contribution in [1.29, 1.82) is 0 Å². The second kappa shape index (κ2) is 9.10. The molecule has 3 aromatic rings. The van der Waals surface area contributed by atoms with Crippen molar-refractivity contribution < 1.29 is 23.0 Å². The highest BCUT2D eigenvalue weighted by Gasteiger charge is 2.10. The molecular weight excluding hydrogens is 364 g/mol. The van der Waals surface area contributed by atoms with Crippen molar-refractivity contribution in [3.8, 4) is 11.5 Å². The molecule has 0 aliphatic carbocycles. The van der Waals surface area contributed by atoms with Crippen molar-refractivity contribution in [1.82, 2.24) is 5.32 Å². The third kappa shape index (κ3) is 5.37. The van der Waals surface area contributed by atoms with E-state index in [0.717, 1.165) is 11.1 Å². The van der Waals surface area contributed by atoms with Crippen molar-refractivity contribution in [3.63, 3.8) is 0 Å². The predicted molar refractivity (Wildman–Crippen MR) is 101 cm³/mol. The second-order valence-corrected chi connectivity index (χ2v) is 6.14. The monoisotopic (exact) mass is 383 g/mol. The highest BCUT2D eigenvalue weighted by molar-refractivity contribution is 5.90. The fourth-order valence-electron chi connectivity index (χ4n) is 2.65. The Hall–Kier alpha value is -3.25. The number of hydrogen-bond donors (Lipinski definition) is 1. The smallest absolute Gasteiger partial charge is 0.337 e. The Morgan fingerprint density at radius 2 is 1.43 bits per heavy atom. The Balaban J connectivity index is 1.74. The Morgan fingerprint density at radius 1 is 0.821 bits per heavy atom. The van der Waals surface area contributed by atoms with E-state index in [1.807, 2.05) is 0 Å². The van der Waals surface area contributed by atoms with E-state index < -0.39 is 5.97 Å². The Morgan fingerprint density at radius 3 is 2.07 bits per heavy atom. The average molecular weight is 383 g/mol. The van der Waals surface area contributed by atoms with E-state index in [-0.39, 0.29) is 11.6 Å². The van der Waals surface area contributed by atoms with E-state index >= 15 is 0 Å². The van der Waals surface area contributed by atoms with Crippen molar-refractivity contribution in [3.05, 3.63) is 95.1 Å². The van der Waals surface area contributed by atoms with Gasteiger partial charge in [0.1, 0.15) is 23.1 Å². The van der Waals surface area contributed by atoms with Crippen LogP contribution in [0.5, 0.6) is 11.5 Å². The molecule has 0 atom stereocenters. The standard InChI is InChI=1S/C22H19F2NO3/c1-27-22(26)17-10-16(14-25-13-15-2-4-18(23)5-3-15)11-21(12-17)28-20-8-6-19(24)7-9-20/h2-12,25H,13-14H2,1H3. The van der Waals surface area contributed by atoms with E-state index in [4.69, 9.17) is 9.47 Å². The molecule has 0 aliphatic rings. The van der Waals surface area contributed by atoms with Crippen molar-refractivity contribution >= 4 is 5.97 Å². The van der Waals surface area contributed by atoms with Gasteiger partial charge in [-0.05, 0) is 65.7 Å². The van der Waals surface area contributed by atoms with Gasteiger partial charge in [0.25, 0.3) is 0 Å². The first-order chi connectivity index (χ1) is 13.5. The number of ether oxygens (including phenoxy) is 2. The molecule has 0 heterocycles. The topological polar surface area (TPSA) is 47.6 Å². The summed E-state index contributed by atoms with van der Waals surface area (Å²) in [4.78, 5) is 12.0. The second-order valence-electron chi connectivity index (χ2n) is 6.14. The number of rotatable bonds is 7. The number of halogens is 2. The molecule has 0 fully saturated rings. The highest BCUT2D eigenvalue weighted by Crippen LogP contribution is 2.25. The maximum atomic E-state index is 13.1. The van der Waals surface area contributed by atoms with Gasteiger partial charge in [-0.25, -0.2) is 13.6 Å². The zero-order valence-corrected chi connectivity index (χ0v) is 15.2. The molecule has 0 saturated heterocycles. The Kier molecular flexibility index (Phi) is 6.34. The van der Waals surface area contributed by atoms with Gasteiger partial charge in [-0.2, -0.15) is 0 Å². The number of benzene rings is 3. The molecule has 0 saturated carbocycles. The van der Waals surface area contributed by atoms with Gasteiger partial charge in [-0.1, -0.05) is 12.1 Å². The zero-order valence-electron chi connectivity index (χ0n) is 15.2. The minimum absolute atomic E-state index is 0.280. The largest absolute Gasteiger partial charge is 0.465 e. The van der Waals surface area contributed by atoms with Crippen molar-refractivity contribution in [2.75, 3.05) is 7.11 Å². The lowest BCUT2D eigenvalue weighted by molar-refractivity contribution is 0.0600. The molecule has 1 N–H and O–H groups in total. The van der Waals surface area contributed by atoms with E-state index in [1.165, 1.54) is 43.5 Å². The normalized spacial score (nSPS) is 10.5. The maximum Gasteiger partial charge on any atom is 0.337 e. The number of carbonyl (C=O) groups is 1. The molecule has 0 spiro atoms. The number of carbonyl (C=O) groups excluding carboxylic acids is 1. The Bertz CT molecular complexity index is 941. The summed E-state index contributed by atoms with van der Waals surface area (Å²) in [5.41, 5.74) is 2.09. The summed E-state index contributed by atoms with van der Waals surface area (Å²) in [7, 11) is 1.31. The van der Waals surface area contributed by atoms with Crippen LogP contribution in [0, 0.1) is 11.6 Å². The van der Waals surface area contributed by atoms with E-state index in [2.05, 4.69) is 5.32 Å². The molecule has 28 heavy (non-hydrogen) atoms. The van der Waals surface area contributed by atoms with Gasteiger partial charge in [-0.3, -0.25) is 0 Å². The van der Waals surface area contributed by atoms with E-state index in [0.29, 0.717) is 30.2 Å². The van der Waals surface area contributed by atoms with Crippen LogP contribution < -0.4 is 10.1 Å². The predicted octanol–water partition coefficient (Wildman–Crippen LogP) is 4.83. The molecule has 144 valence electrons. The van der Waals surface area contributed by atoms with Gasteiger partial charge in [0.05, 0.1) is 12.7 Å². The van der Waals surface area contributed by atoms with Crippen molar-refractivity contribution in [2.45, 2.75) is 13.1 Å². The Labute approximate surface area is 161 Å². The van der Waals surface area contributed by atoms with Gasteiger partial charge in [0, 0.05) is 13.1 Å². The maximum absolute atomic E-state index is 13.1. The molecule has 3 rings (SSSR count). The minimum Gasteiger partial charge on any atom is -0.465 e. The fraction of sp³-hybridized carbons (Fsp3) is 0.136. The third-order valence-electron chi connectivity index (χ3n) is 4.01. The summed E-state index contributed by atoms with van der Waals surface area (Å²) >= 11 is 0. The van der Waals surface area contributed by atoms with E-state index in [1.54, 1.807) is 30.3 Å². The molecule has 0 bridgehead atoms. The van der Waals surface area contributed by atoms with Crippen LogP contribution >= 0.6 is 0 Å². The van der Waals surface area contributed by atoms with Gasteiger partial charge < -0.3 is 14.8 Å². The van der Waals surface area contributed by atoms with Crippen molar-refractivity contribution in [2.24, 2.45) is 0 Å². The van der Waals surface area contributed by atoms with Crippen LogP contribution in [0.3, 0.4) is 0 Å². The lowest BCUT2D eigenvalue weighted by Crippen LogP contribution is -2.13. The van der Waals surface area contributed by atoms with Gasteiger partial charge >= 0.3 is 5.97 Å². The first-order valence-corrected chi connectivity index (χ1v) is 8.64. The number of esters is 1. The fourth-order valence-corrected chi connectivity index (χ4v) is 2.65. The molecule has 0 amide bonds. The van der Waals surface area contributed by atoms with E-state index in [9.17, 15) is 13.6 Å². The molecule has 0 aliphatic heterocycles. The summed E-state index contributed by atoms with van der Waals surface area (Å²) in [6.07, 6.45) is 0. The van der Waals surface area contributed by atoms with Gasteiger partial charge in [0.15, 0.2) is 0 Å². The quantitative estimate of drug-likeness (QED) is 0.594. The minimum atomic E-state index is -0.482. The molecule has 0 radical (unpaired) electrons. The summed E-state index contributed by atoms with van der Waals surface area (Å²) in [5.74, 6) is -0.232. The lowest BCUT2D eigenvalue weighted by Gasteiger charge is -2.11. The highest BCUT2D eigenvalue weighted by atomic mass is 19.1. The third-order valence-corrected chi connectivity index (χ3v) is 4.01. The summed E-state index contributed by atoms with van der Waals surface area (Å²) in [6.45, 7) is 0.999. The van der Waals surface area contributed by atoms with Crippen LogP contribution in [0.15, 0.2) is 66.7 Å².